The Kier molecular flexibility index (Phi) is 14.5. The molecule has 1 atom stereocenters. The summed E-state index contributed by atoms with van der Waals surface area (Å²) in [6.45, 7) is 8.01. The molecule has 1 N–H and O–H groups in total. The van der Waals surface area contributed by atoms with Gasteiger partial charge in [-0.25, -0.2) is 0 Å². The Morgan fingerprint density at radius 1 is 0.746 bits per heavy atom. The summed E-state index contributed by atoms with van der Waals surface area (Å²) in [4.78, 5) is 52.7. The largest absolute Gasteiger partial charge is 0.416 e. The summed E-state index contributed by atoms with van der Waals surface area (Å²) in [5.41, 5.74) is 4.52. The Morgan fingerprint density at radius 2 is 1.36 bits per heavy atom. The van der Waals surface area contributed by atoms with Crippen molar-refractivity contribution >= 4 is 35.2 Å². The van der Waals surface area contributed by atoms with Crippen LogP contribution in [0.4, 0.5) is 24.5 Å². The lowest BCUT2D eigenvalue weighted by molar-refractivity contribution is -0.145. The number of alkyl halides is 3. The van der Waals surface area contributed by atoms with Crippen molar-refractivity contribution in [3.8, 4) is 0 Å². The summed E-state index contributed by atoms with van der Waals surface area (Å²) in [5, 5.41) is 9.29. The molecule has 4 aromatic carbocycles. The van der Waals surface area contributed by atoms with Gasteiger partial charge < -0.3 is 29.6 Å². The first kappa shape index (κ1) is 42.9. The molecule has 59 heavy (non-hydrogen) atoms. The van der Waals surface area contributed by atoms with Crippen LogP contribution in [-0.4, -0.2) is 121 Å². The monoisotopic (exact) mass is 810 g/mol. The normalized spacial score (nSPS) is 15.7. The van der Waals surface area contributed by atoms with Crippen molar-refractivity contribution in [1.82, 2.24) is 19.6 Å². The molecule has 0 aromatic heterocycles. The first-order valence-corrected chi connectivity index (χ1v) is 20.1. The first-order valence-electron chi connectivity index (χ1n) is 20.1. The molecule has 2 fully saturated rings. The standard InChI is InChI=1S/C46H53F3N6O4/c1-35(57)52-26-28-53(29-27-52)42-19-12-39(13-20-42)34-55(44(58)21-14-36-8-15-40(16-9-36)46(47,48)49)43(32-37-6-4-3-5-7-37)45(59)54-24-22-51(23-25-54)33-38-10-17-41(18-11-38)50(2)30-31-56/h3-21,43,56H,22-34H2,1-2H3/b21-14+/t43-/m0/s1. The molecule has 4 aromatic rings. The minimum Gasteiger partial charge on any atom is -0.395 e. The Hall–Kier alpha value is -5.66. The van der Waals surface area contributed by atoms with E-state index in [2.05, 4.69) is 21.9 Å². The van der Waals surface area contributed by atoms with Crippen LogP contribution in [0.1, 0.15) is 34.7 Å². The second kappa shape index (κ2) is 19.9. The SMILES string of the molecule is CC(=O)N1CCN(c2ccc(CN(C(=O)/C=C/c3ccc(C(F)(F)F)cc3)[C@@H](Cc3ccccc3)C(=O)N3CCN(Cc4ccc(N(C)CCO)cc4)CC3)cc2)CC1. The lowest BCUT2D eigenvalue weighted by Gasteiger charge is -2.39. The summed E-state index contributed by atoms with van der Waals surface area (Å²) in [5.74, 6) is -0.541. The number of hydrogen-bond donors (Lipinski definition) is 1. The fourth-order valence-corrected chi connectivity index (χ4v) is 7.58. The van der Waals surface area contributed by atoms with Crippen LogP contribution in [0, 0.1) is 0 Å². The first-order chi connectivity index (χ1) is 28.4. The Morgan fingerprint density at radius 3 is 1.95 bits per heavy atom. The third kappa shape index (κ3) is 11.7. The molecule has 6 rings (SSSR count). The number of piperazine rings is 2. The number of aliphatic hydroxyl groups excluding tert-OH is 1. The van der Waals surface area contributed by atoms with E-state index in [4.69, 9.17) is 0 Å². The van der Waals surface area contributed by atoms with Crippen molar-refractivity contribution in [1.29, 1.82) is 0 Å². The molecule has 0 spiro atoms. The maximum absolute atomic E-state index is 14.7. The molecule has 0 unspecified atom stereocenters. The van der Waals surface area contributed by atoms with Crippen molar-refractivity contribution in [2.45, 2.75) is 38.7 Å². The van der Waals surface area contributed by atoms with E-state index in [-0.39, 0.29) is 31.4 Å². The zero-order valence-electron chi connectivity index (χ0n) is 33.7. The number of amides is 3. The van der Waals surface area contributed by atoms with Crippen LogP contribution in [-0.2, 0) is 40.1 Å². The number of carbonyl (C=O) groups is 3. The molecule has 2 saturated heterocycles. The third-order valence-corrected chi connectivity index (χ3v) is 11.2. The topological polar surface area (TPSA) is 90.9 Å². The summed E-state index contributed by atoms with van der Waals surface area (Å²) in [7, 11) is 1.94. The molecule has 0 aliphatic carbocycles. The Balaban J connectivity index is 1.22. The minimum atomic E-state index is -4.48. The van der Waals surface area contributed by atoms with Gasteiger partial charge in [0.1, 0.15) is 6.04 Å². The van der Waals surface area contributed by atoms with Crippen LogP contribution in [0.2, 0.25) is 0 Å². The van der Waals surface area contributed by atoms with Gasteiger partial charge in [0, 0.05) is 110 Å². The second-order valence-electron chi connectivity index (χ2n) is 15.2. The summed E-state index contributed by atoms with van der Waals surface area (Å²) < 4.78 is 39.8. The van der Waals surface area contributed by atoms with Gasteiger partial charge in [-0.3, -0.25) is 19.3 Å². The second-order valence-corrected chi connectivity index (χ2v) is 15.2. The van der Waals surface area contributed by atoms with Crippen molar-refractivity contribution in [3.63, 3.8) is 0 Å². The van der Waals surface area contributed by atoms with E-state index < -0.39 is 23.7 Å². The highest BCUT2D eigenvalue weighted by molar-refractivity contribution is 5.96. The minimum absolute atomic E-state index is 0.0592. The quantitative estimate of drug-likeness (QED) is 0.161. The van der Waals surface area contributed by atoms with E-state index in [1.165, 1.54) is 24.3 Å². The number of carbonyl (C=O) groups excluding carboxylic acids is 3. The maximum Gasteiger partial charge on any atom is 0.416 e. The van der Waals surface area contributed by atoms with E-state index >= 15 is 0 Å². The average molecular weight is 811 g/mol. The van der Waals surface area contributed by atoms with Gasteiger partial charge in [-0.15, -0.1) is 0 Å². The average Bonchev–Trinajstić information content (AvgIpc) is 3.25. The van der Waals surface area contributed by atoms with Crippen LogP contribution in [0.3, 0.4) is 0 Å². The number of nitrogens with zero attached hydrogens (tertiary/aromatic N) is 6. The third-order valence-electron chi connectivity index (χ3n) is 11.2. The molecular formula is C46H53F3N6O4. The molecule has 10 nitrogen and oxygen atoms in total. The smallest absolute Gasteiger partial charge is 0.395 e. The highest BCUT2D eigenvalue weighted by Gasteiger charge is 2.34. The van der Waals surface area contributed by atoms with Gasteiger partial charge in [0.2, 0.25) is 17.7 Å². The fraction of sp³-hybridized carbons (Fsp3) is 0.370. The van der Waals surface area contributed by atoms with Crippen LogP contribution in [0.5, 0.6) is 0 Å². The van der Waals surface area contributed by atoms with Gasteiger partial charge in [0.05, 0.1) is 12.2 Å². The zero-order valence-corrected chi connectivity index (χ0v) is 33.7. The molecule has 0 bridgehead atoms. The summed E-state index contributed by atoms with van der Waals surface area (Å²) >= 11 is 0. The van der Waals surface area contributed by atoms with Gasteiger partial charge in [0.25, 0.3) is 0 Å². The molecule has 13 heteroatoms. The number of halogens is 3. The highest BCUT2D eigenvalue weighted by Crippen LogP contribution is 2.29. The van der Waals surface area contributed by atoms with Gasteiger partial charge >= 0.3 is 6.18 Å². The van der Waals surface area contributed by atoms with Gasteiger partial charge in [0.15, 0.2) is 0 Å². The van der Waals surface area contributed by atoms with Crippen LogP contribution >= 0.6 is 0 Å². The van der Waals surface area contributed by atoms with Crippen LogP contribution in [0.25, 0.3) is 6.08 Å². The van der Waals surface area contributed by atoms with E-state index in [1.807, 2.05) is 88.5 Å². The molecular weight excluding hydrogens is 758 g/mol. The fourth-order valence-electron chi connectivity index (χ4n) is 7.58. The number of benzene rings is 4. The van der Waals surface area contributed by atoms with Crippen molar-refractivity contribution in [2.75, 3.05) is 82.4 Å². The summed E-state index contributed by atoms with van der Waals surface area (Å²) in [6.07, 6.45) is -1.39. The van der Waals surface area contributed by atoms with E-state index in [0.717, 1.165) is 46.7 Å². The predicted octanol–water partition coefficient (Wildman–Crippen LogP) is 5.80. The number of hydrogen-bond acceptors (Lipinski definition) is 7. The molecule has 312 valence electrons. The highest BCUT2D eigenvalue weighted by atomic mass is 19.4. The lowest BCUT2D eigenvalue weighted by atomic mass is 10.0. The van der Waals surface area contributed by atoms with E-state index in [1.54, 1.807) is 11.8 Å². The maximum atomic E-state index is 14.7. The molecule has 2 aliphatic rings. The van der Waals surface area contributed by atoms with E-state index in [9.17, 15) is 32.7 Å². The molecule has 2 aliphatic heterocycles. The van der Waals surface area contributed by atoms with Crippen molar-refractivity contribution < 1.29 is 32.7 Å². The molecule has 2 heterocycles. The van der Waals surface area contributed by atoms with Crippen LogP contribution < -0.4 is 9.80 Å². The number of aliphatic hydroxyl groups is 1. The Labute approximate surface area is 344 Å². The number of anilines is 2. The van der Waals surface area contributed by atoms with Gasteiger partial charge in [-0.2, -0.15) is 13.2 Å². The molecule has 0 saturated carbocycles. The number of likely N-dealkylation sites (N-methyl/N-ethyl adjacent to an activating group) is 1. The number of rotatable bonds is 14. The summed E-state index contributed by atoms with van der Waals surface area (Å²) in [6, 6.07) is 29.5. The van der Waals surface area contributed by atoms with Crippen molar-refractivity contribution in [2.24, 2.45) is 0 Å². The Bertz CT molecular complexity index is 2010. The predicted molar refractivity (Wildman–Crippen MR) is 225 cm³/mol. The van der Waals surface area contributed by atoms with Crippen LogP contribution in [0.15, 0.2) is 109 Å². The zero-order chi connectivity index (χ0) is 41.9. The van der Waals surface area contributed by atoms with Gasteiger partial charge in [-0.05, 0) is 64.7 Å². The lowest BCUT2D eigenvalue weighted by Crippen LogP contribution is -2.56. The molecule has 0 radical (unpaired) electrons. The van der Waals surface area contributed by atoms with E-state index in [0.29, 0.717) is 64.5 Å². The van der Waals surface area contributed by atoms with Crippen molar-refractivity contribution in [3.05, 3.63) is 137 Å². The molecule has 3 amide bonds. The van der Waals surface area contributed by atoms with Gasteiger partial charge in [-0.1, -0.05) is 66.7 Å².